The van der Waals surface area contributed by atoms with Gasteiger partial charge in [-0.1, -0.05) is 19.3 Å². The molecule has 2 aliphatic rings. The Morgan fingerprint density at radius 3 is 2.46 bits per heavy atom. The highest BCUT2D eigenvalue weighted by Crippen LogP contribution is 2.18. The lowest BCUT2D eigenvalue weighted by atomic mass is 9.96. The molecular weight excluding hydrogens is 322 g/mol. The van der Waals surface area contributed by atoms with Gasteiger partial charge < -0.3 is 15.1 Å². The van der Waals surface area contributed by atoms with Crippen molar-refractivity contribution in [2.75, 3.05) is 26.2 Å². The molecule has 2 heterocycles. The van der Waals surface area contributed by atoms with E-state index in [1.807, 2.05) is 15.2 Å². The fourth-order valence-corrected chi connectivity index (χ4v) is 4.22. The summed E-state index contributed by atoms with van der Waals surface area (Å²) < 4.78 is 0. The molecule has 1 aliphatic carbocycles. The smallest absolute Gasteiger partial charge is 0.317 e. The summed E-state index contributed by atoms with van der Waals surface area (Å²) in [6.45, 7) is 2.59. The first-order valence-corrected chi connectivity index (χ1v) is 10.0. The number of piperazine rings is 1. The van der Waals surface area contributed by atoms with Crippen LogP contribution in [0.4, 0.5) is 4.79 Å². The number of urea groups is 1. The average molecular weight is 350 g/mol. The Morgan fingerprint density at radius 2 is 1.79 bits per heavy atom. The van der Waals surface area contributed by atoms with Gasteiger partial charge in [0.1, 0.15) is 0 Å². The predicted octanol–water partition coefficient (Wildman–Crippen LogP) is 2.87. The van der Waals surface area contributed by atoms with E-state index in [0.29, 0.717) is 38.6 Å². The number of hydrogen-bond acceptors (Lipinski definition) is 3. The number of nitrogens with one attached hydrogen (secondary N) is 1. The fraction of sp³-hybridized carbons (Fsp3) is 0.667. The average Bonchev–Trinajstić information content (AvgIpc) is 3.14. The number of nitrogens with zero attached hydrogens (tertiary/aromatic N) is 2. The third-order valence-electron chi connectivity index (χ3n) is 5.06. The summed E-state index contributed by atoms with van der Waals surface area (Å²) in [5.74, 6) is 0.202. The number of amides is 3. The van der Waals surface area contributed by atoms with Crippen LogP contribution in [0.3, 0.4) is 0 Å². The van der Waals surface area contributed by atoms with Gasteiger partial charge in [-0.2, -0.15) is 11.3 Å². The highest BCUT2D eigenvalue weighted by atomic mass is 32.1. The topological polar surface area (TPSA) is 52.7 Å². The number of thiophene rings is 1. The molecule has 1 aliphatic heterocycles. The van der Waals surface area contributed by atoms with Crippen LogP contribution in [0, 0.1) is 0 Å². The van der Waals surface area contributed by atoms with Crippen molar-refractivity contribution in [3.05, 3.63) is 22.4 Å². The highest BCUT2D eigenvalue weighted by molar-refractivity contribution is 7.07. The predicted molar refractivity (Wildman–Crippen MR) is 96.2 cm³/mol. The van der Waals surface area contributed by atoms with E-state index in [1.54, 1.807) is 11.3 Å². The lowest BCUT2D eigenvalue weighted by Crippen LogP contribution is -2.54. The van der Waals surface area contributed by atoms with E-state index in [0.717, 1.165) is 19.3 Å². The van der Waals surface area contributed by atoms with Crippen LogP contribution in [-0.4, -0.2) is 54.0 Å². The van der Waals surface area contributed by atoms with Crippen molar-refractivity contribution >= 4 is 23.3 Å². The first-order valence-electron chi connectivity index (χ1n) is 9.06. The van der Waals surface area contributed by atoms with Gasteiger partial charge >= 0.3 is 6.03 Å². The molecule has 2 fully saturated rings. The summed E-state index contributed by atoms with van der Waals surface area (Å²) >= 11 is 1.67. The lowest BCUT2D eigenvalue weighted by Gasteiger charge is -2.36. The van der Waals surface area contributed by atoms with Crippen LogP contribution in [0.15, 0.2) is 16.8 Å². The molecule has 0 bridgehead atoms. The molecular formula is C18H27N3O2S. The minimum atomic E-state index is 0.0484. The molecule has 6 heteroatoms. The Hall–Kier alpha value is -1.56. The second-order valence-corrected chi connectivity index (χ2v) is 7.56. The Labute approximate surface area is 148 Å². The van der Waals surface area contributed by atoms with Crippen molar-refractivity contribution < 1.29 is 9.59 Å². The first kappa shape index (κ1) is 17.3. The van der Waals surface area contributed by atoms with E-state index in [-0.39, 0.29) is 11.9 Å². The van der Waals surface area contributed by atoms with Crippen LogP contribution in [0.5, 0.6) is 0 Å². The molecule has 0 aromatic carbocycles. The summed E-state index contributed by atoms with van der Waals surface area (Å²) in [5.41, 5.74) is 1.24. The molecule has 0 radical (unpaired) electrons. The maximum absolute atomic E-state index is 12.3. The van der Waals surface area contributed by atoms with E-state index in [2.05, 4.69) is 16.8 Å². The molecule has 24 heavy (non-hydrogen) atoms. The Bertz CT molecular complexity index is 532. The number of hydrogen-bond donors (Lipinski definition) is 1. The second-order valence-electron chi connectivity index (χ2n) is 6.78. The molecule has 0 atom stereocenters. The minimum Gasteiger partial charge on any atom is -0.339 e. The van der Waals surface area contributed by atoms with Crippen molar-refractivity contribution in [1.29, 1.82) is 0 Å². The largest absolute Gasteiger partial charge is 0.339 e. The van der Waals surface area contributed by atoms with Gasteiger partial charge in [0.2, 0.25) is 5.91 Å². The molecule has 1 aromatic heterocycles. The van der Waals surface area contributed by atoms with Crippen LogP contribution in [0.25, 0.3) is 0 Å². The summed E-state index contributed by atoms with van der Waals surface area (Å²) in [6.07, 6.45) is 7.31. The van der Waals surface area contributed by atoms with E-state index in [9.17, 15) is 9.59 Å². The highest BCUT2D eigenvalue weighted by Gasteiger charge is 2.25. The Balaban J connectivity index is 1.38. The molecule has 1 saturated heterocycles. The first-order chi connectivity index (χ1) is 11.7. The van der Waals surface area contributed by atoms with Gasteiger partial charge in [0.05, 0.1) is 0 Å². The fourth-order valence-electron chi connectivity index (χ4n) is 3.52. The van der Waals surface area contributed by atoms with Crippen LogP contribution in [-0.2, 0) is 11.2 Å². The zero-order valence-corrected chi connectivity index (χ0v) is 15.0. The number of rotatable bonds is 4. The van der Waals surface area contributed by atoms with Crippen molar-refractivity contribution in [3.63, 3.8) is 0 Å². The van der Waals surface area contributed by atoms with Gasteiger partial charge in [0.15, 0.2) is 0 Å². The SMILES string of the molecule is O=C(CCc1ccsc1)N1CCN(C(=O)NC2CCCCC2)CC1. The van der Waals surface area contributed by atoms with E-state index in [4.69, 9.17) is 0 Å². The van der Waals surface area contributed by atoms with Gasteiger partial charge in [-0.3, -0.25) is 4.79 Å². The normalized spacial score (nSPS) is 19.3. The van der Waals surface area contributed by atoms with Gasteiger partial charge in [0.25, 0.3) is 0 Å². The third kappa shape index (κ3) is 4.72. The van der Waals surface area contributed by atoms with E-state index < -0.39 is 0 Å². The Morgan fingerprint density at radius 1 is 1.08 bits per heavy atom. The van der Waals surface area contributed by atoms with Crippen molar-refractivity contribution in [3.8, 4) is 0 Å². The molecule has 1 saturated carbocycles. The van der Waals surface area contributed by atoms with E-state index >= 15 is 0 Å². The van der Waals surface area contributed by atoms with Gasteiger partial charge in [0, 0.05) is 38.6 Å². The molecule has 5 nitrogen and oxygen atoms in total. The molecule has 0 spiro atoms. The quantitative estimate of drug-likeness (QED) is 0.909. The third-order valence-corrected chi connectivity index (χ3v) is 5.79. The van der Waals surface area contributed by atoms with Crippen molar-refractivity contribution in [1.82, 2.24) is 15.1 Å². The Kier molecular flexibility index (Phi) is 6.12. The van der Waals surface area contributed by atoms with Crippen molar-refractivity contribution in [2.45, 2.75) is 51.0 Å². The molecule has 3 amide bonds. The molecule has 0 unspecified atom stereocenters. The van der Waals surface area contributed by atoms with Crippen LogP contribution < -0.4 is 5.32 Å². The zero-order chi connectivity index (χ0) is 16.8. The summed E-state index contributed by atoms with van der Waals surface area (Å²) in [6, 6.07) is 2.47. The molecule has 1 aromatic rings. The summed E-state index contributed by atoms with van der Waals surface area (Å²) in [7, 11) is 0. The number of carbonyl (C=O) groups is 2. The van der Waals surface area contributed by atoms with E-state index in [1.165, 1.54) is 24.8 Å². The monoisotopic (exact) mass is 349 g/mol. The maximum Gasteiger partial charge on any atom is 0.317 e. The zero-order valence-electron chi connectivity index (χ0n) is 14.2. The second kappa shape index (κ2) is 8.51. The summed E-state index contributed by atoms with van der Waals surface area (Å²) in [4.78, 5) is 28.4. The minimum absolute atomic E-state index is 0.0484. The van der Waals surface area contributed by atoms with Crippen LogP contribution >= 0.6 is 11.3 Å². The number of carbonyl (C=O) groups excluding carboxylic acids is 2. The van der Waals surface area contributed by atoms with Crippen LogP contribution in [0.2, 0.25) is 0 Å². The van der Waals surface area contributed by atoms with Gasteiger partial charge in [-0.05, 0) is 41.7 Å². The van der Waals surface area contributed by atoms with Crippen LogP contribution in [0.1, 0.15) is 44.1 Å². The van der Waals surface area contributed by atoms with Gasteiger partial charge in [-0.15, -0.1) is 0 Å². The maximum atomic E-state index is 12.3. The molecule has 132 valence electrons. The molecule has 3 rings (SSSR count). The molecule has 1 N–H and O–H groups in total. The van der Waals surface area contributed by atoms with Crippen molar-refractivity contribution in [2.24, 2.45) is 0 Å². The van der Waals surface area contributed by atoms with Gasteiger partial charge in [-0.25, -0.2) is 4.79 Å². The number of aryl methyl sites for hydroxylation is 1. The lowest BCUT2D eigenvalue weighted by molar-refractivity contribution is -0.132. The standard InChI is InChI=1S/C18H27N3O2S/c22-17(7-6-15-8-13-24-14-15)20-9-11-21(12-10-20)18(23)19-16-4-2-1-3-5-16/h8,13-14,16H,1-7,9-12H2,(H,19,23). The summed E-state index contributed by atoms with van der Waals surface area (Å²) in [5, 5.41) is 7.30.